The van der Waals surface area contributed by atoms with Gasteiger partial charge in [-0.05, 0) is 47.6 Å². The Morgan fingerprint density at radius 3 is 2.60 bits per heavy atom. The van der Waals surface area contributed by atoms with Gasteiger partial charge in [0.15, 0.2) is 0 Å². The van der Waals surface area contributed by atoms with E-state index in [2.05, 4.69) is 34.2 Å². The topological polar surface area (TPSA) is 61.0 Å². The van der Waals surface area contributed by atoms with E-state index >= 15 is 0 Å². The maximum Gasteiger partial charge on any atom is 0.255 e. The van der Waals surface area contributed by atoms with E-state index in [1.54, 1.807) is 0 Å². The number of aryl methyl sites for hydroxylation is 2. The Bertz CT molecular complexity index is 521. The fourth-order valence-corrected chi connectivity index (χ4v) is 2.68. The van der Waals surface area contributed by atoms with E-state index in [9.17, 15) is 4.79 Å². The van der Waals surface area contributed by atoms with E-state index in [4.69, 9.17) is 0 Å². The smallest absolute Gasteiger partial charge is 0.255 e. The molecule has 2 N–H and O–H groups in total. The van der Waals surface area contributed by atoms with Crippen LogP contribution in [0.5, 0.6) is 0 Å². The zero-order valence-electron chi connectivity index (χ0n) is 13.2. The molecular formula is C15H26N4O. The van der Waals surface area contributed by atoms with E-state index in [0.29, 0.717) is 11.9 Å². The Kier molecular flexibility index (Phi) is 4.60. The third kappa shape index (κ3) is 3.46. The second kappa shape index (κ2) is 6.06. The lowest BCUT2D eigenvalue weighted by Crippen LogP contribution is -2.40. The van der Waals surface area contributed by atoms with Crippen molar-refractivity contribution in [1.29, 1.82) is 0 Å². The first-order valence-corrected chi connectivity index (χ1v) is 7.43. The maximum absolute atomic E-state index is 12.1. The van der Waals surface area contributed by atoms with Crippen LogP contribution in [0.2, 0.25) is 0 Å². The number of rotatable bonds is 6. The number of likely N-dealkylation sites (N-methyl/N-ethyl adjacent to an activating group) is 1. The molecule has 0 radical (unpaired) electrons. The van der Waals surface area contributed by atoms with Gasteiger partial charge in [-0.2, -0.15) is 0 Å². The van der Waals surface area contributed by atoms with Gasteiger partial charge < -0.3 is 10.3 Å². The van der Waals surface area contributed by atoms with Crippen molar-refractivity contribution < 1.29 is 0 Å². The normalized spacial score (nSPS) is 18.3. The summed E-state index contributed by atoms with van der Waals surface area (Å²) in [6.07, 6.45) is 2.63. The lowest BCUT2D eigenvalue weighted by atomic mass is 10.1. The summed E-state index contributed by atoms with van der Waals surface area (Å²) < 4.78 is 0. The molecule has 112 valence electrons. The quantitative estimate of drug-likeness (QED) is 0.828. The van der Waals surface area contributed by atoms with Crippen LogP contribution in [-0.2, 0) is 0 Å². The zero-order valence-corrected chi connectivity index (χ0v) is 13.2. The summed E-state index contributed by atoms with van der Waals surface area (Å²) in [6.45, 7) is 8.83. The lowest BCUT2D eigenvalue weighted by molar-refractivity contribution is 0.236. The molecule has 0 amide bonds. The van der Waals surface area contributed by atoms with Crippen LogP contribution in [0, 0.1) is 13.8 Å². The number of nitrogens with one attached hydrogen (secondary N) is 2. The van der Waals surface area contributed by atoms with Crippen molar-refractivity contribution in [3.8, 4) is 0 Å². The minimum Gasteiger partial charge on any atom is -0.310 e. The highest BCUT2D eigenvalue weighted by atomic mass is 16.1. The van der Waals surface area contributed by atoms with Crippen molar-refractivity contribution in [3.63, 3.8) is 0 Å². The second-order valence-corrected chi connectivity index (χ2v) is 6.03. The molecule has 1 aromatic heterocycles. The fourth-order valence-electron chi connectivity index (χ4n) is 2.68. The lowest BCUT2D eigenvalue weighted by Gasteiger charge is -2.26. The molecule has 20 heavy (non-hydrogen) atoms. The number of hydrogen-bond donors (Lipinski definition) is 2. The van der Waals surface area contributed by atoms with E-state index in [0.717, 1.165) is 23.8 Å². The molecule has 5 heteroatoms. The van der Waals surface area contributed by atoms with Crippen LogP contribution in [0.3, 0.4) is 0 Å². The molecule has 1 saturated carbocycles. The summed E-state index contributed by atoms with van der Waals surface area (Å²) in [4.78, 5) is 21.6. The van der Waals surface area contributed by atoms with Crippen LogP contribution in [0.25, 0.3) is 0 Å². The highest BCUT2D eigenvalue weighted by molar-refractivity contribution is 5.20. The van der Waals surface area contributed by atoms with Crippen molar-refractivity contribution in [3.05, 3.63) is 27.4 Å². The van der Waals surface area contributed by atoms with Crippen LogP contribution < -0.4 is 10.9 Å². The zero-order chi connectivity index (χ0) is 14.9. The second-order valence-electron chi connectivity index (χ2n) is 6.03. The van der Waals surface area contributed by atoms with Crippen molar-refractivity contribution in [2.75, 3.05) is 13.6 Å². The Morgan fingerprint density at radius 2 is 2.05 bits per heavy atom. The predicted octanol–water partition coefficient (Wildman–Crippen LogP) is 1.52. The van der Waals surface area contributed by atoms with Gasteiger partial charge in [0.2, 0.25) is 0 Å². The first-order valence-electron chi connectivity index (χ1n) is 7.43. The molecule has 0 spiro atoms. The summed E-state index contributed by atoms with van der Waals surface area (Å²) in [7, 11) is 2.18. The number of aromatic nitrogens is 2. The van der Waals surface area contributed by atoms with E-state index < -0.39 is 0 Å². The van der Waals surface area contributed by atoms with Crippen LogP contribution in [0.4, 0.5) is 0 Å². The van der Waals surface area contributed by atoms with Gasteiger partial charge in [-0.3, -0.25) is 9.69 Å². The van der Waals surface area contributed by atoms with Crippen molar-refractivity contribution in [1.82, 2.24) is 20.2 Å². The standard InChI is InChI=1S/C15H26N4O/c1-9(19(5)13-6-7-13)8-16-10(2)14-11(3)17-12(4)18-15(14)20/h9-10,13,16H,6-8H2,1-5H3,(H,17,18,20). The van der Waals surface area contributed by atoms with Gasteiger partial charge in [-0.1, -0.05) is 0 Å². The first-order chi connectivity index (χ1) is 9.40. The van der Waals surface area contributed by atoms with E-state index in [1.165, 1.54) is 12.8 Å². The van der Waals surface area contributed by atoms with Crippen LogP contribution in [0.15, 0.2) is 4.79 Å². The Morgan fingerprint density at radius 1 is 1.40 bits per heavy atom. The first kappa shape index (κ1) is 15.2. The van der Waals surface area contributed by atoms with Crippen LogP contribution in [-0.4, -0.2) is 40.5 Å². The Balaban J connectivity index is 1.98. The summed E-state index contributed by atoms with van der Waals surface area (Å²) in [6, 6.07) is 1.25. The number of nitrogens with zero attached hydrogens (tertiary/aromatic N) is 2. The van der Waals surface area contributed by atoms with Crippen molar-refractivity contribution >= 4 is 0 Å². The Hall–Kier alpha value is -1.20. The summed E-state index contributed by atoms with van der Waals surface area (Å²) in [5.74, 6) is 0.672. The molecule has 1 aromatic rings. The van der Waals surface area contributed by atoms with Crippen LogP contribution in [0.1, 0.15) is 49.8 Å². The fraction of sp³-hybridized carbons (Fsp3) is 0.733. The molecule has 0 aromatic carbocycles. The van der Waals surface area contributed by atoms with Crippen molar-refractivity contribution in [2.24, 2.45) is 0 Å². The minimum absolute atomic E-state index is 0.0157. The van der Waals surface area contributed by atoms with Crippen molar-refractivity contribution in [2.45, 2.75) is 58.7 Å². The average Bonchev–Trinajstić information content (AvgIpc) is 3.17. The monoisotopic (exact) mass is 278 g/mol. The third-order valence-electron chi connectivity index (χ3n) is 4.23. The SMILES string of the molecule is Cc1nc(C)c(C(C)NCC(C)N(C)C2CC2)c(=O)[nH]1. The molecule has 0 aliphatic heterocycles. The molecule has 0 bridgehead atoms. The summed E-state index contributed by atoms with van der Waals surface area (Å²) >= 11 is 0. The third-order valence-corrected chi connectivity index (χ3v) is 4.23. The highest BCUT2D eigenvalue weighted by Gasteiger charge is 2.29. The molecule has 1 fully saturated rings. The Labute approximate surface area is 120 Å². The van der Waals surface area contributed by atoms with Gasteiger partial charge in [0, 0.05) is 30.4 Å². The molecule has 2 atom stereocenters. The molecule has 1 heterocycles. The molecule has 1 aliphatic rings. The molecule has 2 unspecified atom stereocenters. The van der Waals surface area contributed by atoms with Gasteiger partial charge >= 0.3 is 0 Å². The van der Waals surface area contributed by atoms with Gasteiger partial charge in [0.1, 0.15) is 5.82 Å². The van der Waals surface area contributed by atoms with Gasteiger partial charge in [0.05, 0.1) is 5.56 Å². The number of hydrogen-bond acceptors (Lipinski definition) is 4. The van der Waals surface area contributed by atoms with Gasteiger partial charge in [-0.25, -0.2) is 4.98 Å². The van der Waals surface area contributed by atoms with Gasteiger partial charge in [-0.15, -0.1) is 0 Å². The van der Waals surface area contributed by atoms with Crippen LogP contribution >= 0.6 is 0 Å². The minimum atomic E-state index is -0.0294. The maximum atomic E-state index is 12.1. The molecule has 0 saturated heterocycles. The average molecular weight is 278 g/mol. The molecular weight excluding hydrogens is 252 g/mol. The molecule has 2 rings (SSSR count). The summed E-state index contributed by atoms with van der Waals surface area (Å²) in [5.41, 5.74) is 1.53. The molecule has 5 nitrogen and oxygen atoms in total. The highest BCUT2D eigenvalue weighted by Crippen LogP contribution is 2.26. The number of aromatic amines is 1. The predicted molar refractivity (Wildman–Crippen MR) is 81.0 cm³/mol. The largest absolute Gasteiger partial charge is 0.310 e. The number of H-pyrrole nitrogens is 1. The van der Waals surface area contributed by atoms with Gasteiger partial charge in [0.25, 0.3) is 5.56 Å². The summed E-state index contributed by atoms with van der Waals surface area (Å²) in [5, 5.41) is 3.46. The van der Waals surface area contributed by atoms with E-state index in [-0.39, 0.29) is 11.6 Å². The molecule has 1 aliphatic carbocycles. The van der Waals surface area contributed by atoms with E-state index in [1.807, 2.05) is 20.8 Å².